The molecule has 0 heterocycles. The predicted octanol–water partition coefficient (Wildman–Crippen LogP) is 4.80. The molecule has 3 aromatic rings. The third kappa shape index (κ3) is 6.75. The average molecular weight is 592 g/mol. The zero-order chi connectivity index (χ0) is 28.7. The van der Waals surface area contributed by atoms with E-state index in [1.807, 2.05) is 0 Å². The molecule has 204 valence electrons. The SMILES string of the molecule is C=CCN(c1ccc(C[C@H](NC(=O)c2c(Cl)cccc2Cl)C(=O)OC)cc1)S(=O)(=O)c1ccccc1[N+](=O)[O-]. The van der Waals surface area contributed by atoms with Gasteiger partial charge >= 0.3 is 5.97 Å². The number of para-hydroxylation sites is 1. The first kappa shape index (κ1) is 29.6. The van der Waals surface area contributed by atoms with Crippen LogP contribution in [0.2, 0.25) is 10.0 Å². The van der Waals surface area contributed by atoms with Gasteiger partial charge in [-0.1, -0.05) is 59.6 Å². The number of nitrogens with zero attached hydrogens (tertiary/aromatic N) is 2. The Bertz CT molecular complexity index is 1490. The molecule has 0 saturated carbocycles. The van der Waals surface area contributed by atoms with Crippen molar-refractivity contribution in [2.45, 2.75) is 17.4 Å². The van der Waals surface area contributed by atoms with Crippen molar-refractivity contribution in [3.05, 3.63) is 111 Å². The summed E-state index contributed by atoms with van der Waals surface area (Å²) in [6.45, 7) is 3.43. The Hall–Kier alpha value is -3.93. The maximum Gasteiger partial charge on any atom is 0.328 e. The lowest BCUT2D eigenvalue weighted by molar-refractivity contribution is -0.387. The van der Waals surface area contributed by atoms with Gasteiger partial charge in [0.2, 0.25) is 0 Å². The van der Waals surface area contributed by atoms with Gasteiger partial charge in [0.1, 0.15) is 6.04 Å². The van der Waals surface area contributed by atoms with Gasteiger partial charge in [0.25, 0.3) is 21.6 Å². The van der Waals surface area contributed by atoms with Gasteiger partial charge in [-0.3, -0.25) is 19.2 Å². The molecule has 0 unspecified atom stereocenters. The van der Waals surface area contributed by atoms with Crippen LogP contribution in [0.3, 0.4) is 0 Å². The normalized spacial score (nSPS) is 11.8. The van der Waals surface area contributed by atoms with Crippen LogP contribution in [0.5, 0.6) is 0 Å². The van der Waals surface area contributed by atoms with Crippen LogP contribution < -0.4 is 9.62 Å². The summed E-state index contributed by atoms with van der Waals surface area (Å²) in [4.78, 5) is 35.5. The molecule has 1 amide bonds. The van der Waals surface area contributed by atoms with Crippen LogP contribution >= 0.6 is 23.2 Å². The Balaban J connectivity index is 1.89. The third-order valence-corrected chi connectivity index (χ3v) is 8.04. The van der Waals surface area contributed by atoms with E-state index in [0.29, 0.717) is 5.56 Å². The van der Waals surface area contributed by atoms with Gasteiger partial charge < -0.3 is 10.1 Å². The molecule has 0 aliphatic rings. The lowest BCUT2D eigenvalue weighted by Gasteiger charge is -2.23. The lowest BCUT2D eigenvalue weighted by Crippen LogP contribution is -2.43. The largest absolute Gasteiger partial charge is 0.467 e. The highest BCUT2D eigenvalue weighted by Crippen LogP contribution is 2.30. The van der Waals surface area contributed by atoms with Crippen molar-refractivity contribution >= 4 is 56.5 Å². The van der Waals surface area contributed by atoms with Crippen LogP contribution in [0, 0.1) is 10.1 Å². The number of carbonyl (C=O) groups excluding carboxylic acids is 2. The minimum absolute atomic E-state index is 0.000863. The highest BCUT2D eigenvalue weighted by Gasteiger charge is 2.31. The molecular weight excluding hydrogens is 569 g/mol. The van der Waals surface area contributed by atoms with Gasteiger partial charge in [-0.2, -0.15) is 0 Å². The number of nitro groups is 1. The van der Waals surface area contributed by atoms with Gasteiger partial charge in [0, 0.05) is 12.5 Å². The Labute approximate surface area is 235 Å². The second-order valence-corrected chi connectivity index (χ2v) is 10.7. The summed E-state index contributed by atoms with van der Waals surface area (Å²) in [6, 6.07) is 14.6. The van der Waals surface area contributed by atoms with Crippen molar-refractivity contribution in [1.82, 2.24) is 5.32 Å². The zero-order valence-electron chi connectivity index (χ0n) is 20.5. The Kier molecular flexibility index (Phi) is 9.68. The Morgan fingerprint density at radius 3 is 2.26 bits per heavy atom. The number of rotatable bonds is 11. The van der Waals surface area contributed by atoms with Gasteiger partial charge in [0.15, 0.2) is 4.90 Å². The summed E-state index contributed by atoms with van der Waals surface area (Å²) in [5, 5.41) is 14.2. The number of ether oxygens (including phenoxy) is 1. The van der Waals surface area contributed by atoms with Crippen molar-refractivity contribution in [2.24, 2.45) is 0 Å². The van der Waals surface area contributed by atoms with E-state index in [9.17, 15) is 28.1 Å². The molecule has 39 heavy (non-hydrogen) atoms. The molecule has 0 aliphatic carbocycles. The van der Waals surface area contributed by atoms with Gasteiger partial charge in [-0.15, -0.1) is 6.58 Å². The maximum atomic E-state index is 13.4. The van der Waals surface area contributed by atoms with Crippen LogP contribution in [-0.2, 0) is 26.0 Å². The van der Waals surface area contributed by atoms with E-state index >= 15 is 0 Å². The van der Waals surface area contributed by atoms with Crippen molar-refractivity contribution in [2.75, 3.05) is 18.0 Å². The van der Waals surface area contributed by atoms with E-state index < -0.39 is 43.4 Å². The summed E-state index contributed by atoms with van der Waals surface area (Å²) in [7, 11) is -3.16. The molecule has 13 heteroatoms. The van der Waals surface area contributed by atoms with Crippen molar-refractivity contribution in [1.29, 1.82) is 0 Å². The highest BCUT2D eigenvalue weighted by molar-refractivity contribution is 7.93. The lowest BCUT2D eigenvalue weighted by atomic mass is 10.0. The van der Waals surface area contributed by atoms with E-state index in [2.05, 4.69) is 11.9 Å². The fourth-order valence-electron chi connectivity index (χ4n) is 3.72. The second-order valence-electron chi connectivity index (χ2n) is 8.07. The third-order valence-electron chi connectivity index (χ3n) is 5.57. The number of hydrogen-bond acceptors (Lipinski definition) is 7. The maximum absolute atomic E-state index is 13.4. The van der Waals surface area contributed by atoms with Crippen LogP contribution in [0.4, 0.5) is 11.4 Å². The van der Waals surface area contributed by atoms with Gasteiger partial charge in [-0.25, -0.2) is 13.2 Å². The molecular formula is C26H23Cl2N3O7S. The van der Waals surface area contributed by atoms with Crippen LogP contribution in [0.1, 0.15) is 15.9 Å². The molecule has 0 spiro atoms. The standard InChI is InChI=1S/C26H23Cl2N3O7S/c1-3-15-30(39(36,37)23-10-5-4-9-22(23)31(34)35)18-13-11-17(12-14-18)16-21(26(33)38-2)29-25(32)24-19(27)7-6-8-20(24)28/h3-14,21H,1,15-16H2,2H3,(H,29,32)/t21-/m0/s1. The van der Waals surface area contributed by atoms with E-state index in [1.165, 1.54) is 49.6 Å². The first-order valence-electron chi connectivity index (χ1n) is 11.3. The molecule has 0 aliphatic heterocycles. The molecule has 1 atom stereocenters. The monoisotopic (exact) mass is 591 g/mol. The van der Waals surface area contributed by atoms with Crippen molar-refractivity contribution in [3.8, 4) is 0 Å². The number of carbonyl (C=O) groups is 2. The van der Waals surface area contributed by atoms with Crippen LogP contribution in [0.25, 0.3) is 0 Å². The summed E-state index contributed by atoms with van der Waals surface area (Å²) in [5.41, 5.74) is 0.212. The summed E-state index contributed by atoms with van der Waals surface area (Å²) >= 11 is 12.2. The number of anilines is 1. The number of hydrogen-bond donors (Lipinski definition) is 1. The molecule has 0 saturated heterocycles. The number of halogens is 2. The number of nitro benzene ring substituents is 1. The van der Waals surface area contributed by atoms with E-state index in [-0.39, 0.29) is 34.3 Å². The summed E-state index contributed by atoms with van der Waals surface area (Å²) in [6.07, 6.45) is 1.35. The smallest absolute Gasteiger partial charge is 0.328 e. The molecule has 3 rings (SSSR count). The number of esters is 1. The molecule has 0 aromatic heterocycles. The molecule has 0 fully saturated rings. The van der Waals surface area contributed by atoms with E-state index in [4.69, 9.17) is 27.9 Å². The number of nitrogens with one attached hydrogen (secondary N) is 1. The Morgan fingerprint density at radius 2 is 1.69 bits per heavy atom. The number of benzene rings is 3. The zero-order valence-corrected chi connectivity index (χ0v) is 22.9. The fraction of sp³-hybridized carbons (Fsp3) is 0.154. The molecule has 1 N–H and O–H groups in total. The van der Waals surface area contributed by atoms with Crippen LogP contribution in [-0.4, -0.2) is 44.9 Å². The number of sulfonamides is 1. The molecule has 0 radical (unpaired) electrons. The quantitative estimate of drug-likeness (QED) is 0.146. The first-order valence-corrected chi connectivity index (χ1v) is 13.5. The number of methoxy groups -OCH3 is 1. The molecule has 0 bridgehead atoms. The highest BCUT2D eigenvalue weighted by atomic mass is 35.5. The summed E-state index contributed by atoms with van der Waals surface area (Å²) < 4.78 is 32.6. The first-order chi connectivity index (χ1) is 18.5. The van der Waals surface area contributed by atoms with Crippen LogP contribution in [0.15, 0.2) is 84.3 Å². The summed E-state index contributed by atoms with van der Waals surface area (Å²) in [5.74, 6) is -1.40. The minimum Gasteiger partial charge on any atom is -0.467 e. The van der Waals surface area contributed by atoms with Crippen molar-refractivity contribution in [3.63, 3.8) is 0 Å². The topological polar surface area (TPSA) is 136 Å². The molecule has 3 aromatic carbocycles. The second kappa shape index (κ2) is 12.7. The van der Waals surface area contributed by atoms with Crippen molar-refractivity contribution < 1.29 is 27.7 Å². The predicted molar refractivity (Wildman–Crippen MR) is 148 cm³/mol. The Morgan fingerprint density at radius 1 is 1.08 bits per heavy atom. The van der Waals surface area contributed by atoms with E-state index in [0.717, 1.165) is 16.4 Å². The van der Waals surface area contributed by atoms with Gasteiger partial charge in [0.05, 0.1) is 39.9 Å². The number of amides is 1. The minimum atomic E-state index is -4.34. The van der Waals surface area contributed by atoms with E-state index in [1.54, 1.807) is 18.2 Å². The van der Waals surface area contributed by atoms with Gasteiger partial charge in [-0.05, 0) is 35.9 Å². The molecule has 10 nitrogen and oxygen atoms in total. The fourth-order valence-corrected chi connectivity index (χ4v) is 5.88. The average Bonchev–Trinajstić information content (AvgIpc) is 2.91.